The van der Waals surface area contributed by atoms with Gasteiger partial charge in [0.2, 0.25) is 0 Å². The molecule has 0 atom stereocenters. The number of hydrogen-bond acceptors (Lipinski definition) is 3. The molecule has 0 heterocycles. The van der Waals surface area contributed by atoms with E-state index >= 15 is 0 Å². The van der Waals surface area contributed by atoms with Crippen LogP contribution in [-0.4, -0.2) is 25.1 Å². The summed E-state index contributed by atoms with van der Waals surface area (Å²) in [4.78, 5) is 14.8. The first-order valence-corrected chi connectivity index (χ1v) is 3.85. The van der Waals surface area contributed by atoms with Crippen LogP contribution in [0.15, 0.2) is 17.6 Å². The second-order valence-electron chi connectivity index (χ2n) is 1.91. The summed E-state index contributed by atoms with van der Waals surface area (Å²) in [6.45, 7) is 8.06. The summed E-state index contributed by atoms with van der Waals surface area (Å²) < 4.78 is 4.64. The number of amides is 1. The number of rotatable bonds is 3. The van der Waals surface area contributed by atoms with Crippen LogP contribution >= 0.6 is 0 Å². The van der Waals surface area contributed by atoms with Gasteiger partial charge in [0.1, 0.15) is 5.84 Å². The number of hydrogen-bond donors (Lipinski definition) is 1. The molecule has 0 saturated carbocycles. The van der Waals surface area contributed by atoms with Crippen molar-refractivity contribution in [1.82, 2.24) is 5.32 Å². The summed E-state index contributed by atoms with van der Waals surface area (Å²) in [6.07, 6.45) is 0.977. The number of nitrogens with zero attached hydrogens (tertiary/aromatic N) is 1. The van der Waals surface area contributed by atoms with Gasteiger partial charge in [-0.1, -0.05) is 6.58 Å². The van der Waals surface area contributed by atoms with E-state index in [1.165, 1.54) is 6.08 Å². The summed E-state index contributed by atoms with van der Waals surface area (Å²) in [6, 6.07) is 0. The van der Waals surface area contributed by atoms with E-state index in [-0.39, 0.29) is 0 Å². The molecule has 68 valence electrons. The van der Waals surface area contributed by atoms with E-state index in [1.807, 2.05) is 6.92 Å². The van der Waals surface area contributed by atoms with Gasteiger partial charge in [-0.05, 0) is 19.9 Å². The summed E-state index contributed by atoms with van der Waals surface area (Å²) in [7, 11) is 0. The summed E-state index contributed by atoms with van der Waals surface area (Å²) in [5.74, 6) is 0.441. The van der Waals surface area contributed by atoms with Crippen LogP contribution in [0.25, 0.3) is 0 Å². The Morgan fingerprint density at radius 2 is 2.33 bits per heavy atom. The molecule has 0 radical (unpaired) electrons. The van der Waals surface area contributed by atoms with E-state index in [0.29, 0.717) is 19.0 Å². The minimum Gasteiger partial charge on any atom is -0.450 e. The van der Waals surface area contributed by atoms with E-state index in [9.17, 15) is 4.79 Å². The highest BCUT2D eigenvalue weighted by Gasteiger charge is 2.00. The number of aliphatic imine (C=N–C) groups is 1. The van der Waals surface area contributed by atoms with Gasteiger partial charge in [-0.15, -0.1) is 0 Å². The Balaban J connectivity index is 3.94. The van der Waals surface area contributed by atoms with Gasteiger partial charge in [-0.2, -0.15) is 0 Å². The highest BCUT2D eigenvalue weighted by Crippen LogP contribution is 1.81. The van der Waals surface area contributed by atoms with Crippen LogP contribution in [0.4, 0.5) is 4.79 Å². The lowest BCUT2D eigenvalue weighted by Gasteiger charge is -2.03. The third-order valence-corrected chi connectivity index (χ3v) is 1.03. The molecular weight excluding hydrogens is 156 g/mol. The maximum atomic E-state index is 10.8. The Labute approximate surface area is 72.3 Å². The Kier molecular flexibility index (Phi) is 5.69. The molecule has 0 aliphatic carbocycles. The molecular formula is C8H14N2O2. The topological polar surface area (TPSA) is 50.7 Å². The number of nitrogens with one attached hydrogen (secondary N) is 1. The highest BCUT2D eigenvalue weighted by atomic mass is 16.5. The number of amidine groups is 1. The maximum absolute atomic E-state index is 10.8. The normalized spacial score (nSPS) is 10.7. The summed E-state index contributed by atoms with van der Waals surface area (Å²) in [5, 5.41) is 2.44. The first-order chi connectivity index (χ1) is 5.74. The minimum absolute atomic E-state index is 0.350. The third kappa shape index (κ3) is 4.49. The average molecular weight is 170 g/mol. The van der Waals surface area contributed by atoms with Crippen LogP contribution in [0.1, 0.15) is 13.8 Å². The molecule has 0 aromatic heterocycles. The van der Waals surface area contributed by atoms with Crippen LogP contribution in [-0.2, 0) is 4.74 Å². The third-order valence-electron chi connectivity index (χ3n) is 1.03. The Morgan fingerprint density at radius 1 is 1.67 bits per heavy atom. The van der Waals surface area contributed by atoms with Gasteiger partial charge >= 0.3 is 6.09 Å². The summed E-state index contributed by atoms with van der Waals surface area (Å²) >= 11 is 0. The first-order valence-electron chi connectivity index (χ1n) is 3.85. The number of carbonyl (C=O) groups excluding carboxylic acids is 1. The fraction of sp³-hybridized carbons (Fsp3) is 0.500. The molecule has 1 N–H and O–H groups in total. The quantitative estimate of drug-likeness (QED) is 0.513. The molecule has 1 amide bonds. The predicted molar refractivity (Wildman–Crippen MR) is 48.3 cm³/mol. The van der Waals surface area contributed by atoms with E-state index in [1.54, 1.807) is 6.92 Å². The second kappa shape index (κ2) is 6.39. The lowest BCUT2D eigenvalue weighted by atomic mass is 10.5. The monoisotopic (exact) mass is 170 g/mol. The molecule has 4 nitrogen and oxygen atoms in total. The van der Waals surface area contributed by atoms with Crippen molar-refractivity contribution in [3.63, 3.8) is 0 Å². The fourth-order valence-electron chi connectivity index (χ4n) is 0.597. The van der Waals surface area contributed by atoms with Crippen molar-refractivity contribution >= 4 is 11.9 Å². The Morgan fingerprint density at radius 3 is 2.75 bits per heavy atom. The SMILES string of the molecule is C=CC(=NCC)NC(=O)OCC. The predicted octanol–water partition coefficient (Wildman–Crippen LogP) is 1.34. The lowest BCUT2D eigenvalue weighted by molar-refractivity contribution is 0.158. The number of alkyl carbamates (subject to hydrolysis) is 1. The standard InChI is InChI=1S/C8H14N2O2/c1-4-7(9-5-2)10-8(11)12-6-3/h4H,1,5-6H2,2-3H3,(H,9,10,11). The molecule has 0 saturated heterocycles. The van der Waals surface area contributed by atoms with Gasteiger partial charge in [0.05, 0.1) is 6.61 Å². The van der Waals surface area contributed by atoms with Crippen molar-refractivity contribution in [3.8, 4) is 0 Å². The van der Waals surface area contributed by atoms with E-state index in [2.05, 4.69) is 21.6 Å². The van der Waals surface area contributed by atoms with Crippen LogP contribution in [0, 0.1) is 0 Å². The van der Waals surface area contributed by atoms with Crippen molar-refractivity contribution in [1.29, 1.82) is 0 Å². The Hall–Kier alpha value is -1.32. The van der Waals surface area contributed by atoms with Gasteiger partial charge in [-0.25, -0.2) is 4.79 Å². The smallest absolute Gasteiger partial charge is 0.412 e. The molecule has 12 heavy (non-hydrogen) atoms. The second-order valence-corrected chi connectivity index (χ2v) is 1.91. The van der Waals surface area contributed by atoms with E-state index in [0.717, 1.165) is 0 Å². The molecule has 0 rings (SSSR count). The number of carbonyl (C=O) groups is 1. The zero-order valence-corrected chi connectivity index (χ0v) is 7.46. The minimum atomic E-state index is -0.496. The lowest BCUT2D eigenvalue weighted by Crippen LogP contribution is -2.29. The molecule has 0 aromatic rings. The molecule has 0 fully saturated rings. The molecule has 0 aliphatic heterocycles. The van der Waals surface area contributed by atoms with Crippen LogP contribution in [0.3, 0.4) is 0 Å². The van der Waals surface area contributed by atoms with E-state index in [4.69, 9.17) is 0 Å². The zero-order valence-electron chi connectivity index (χ0n) is 7.46. The van der Waals surface area contributed by atoms with Gasteiger partial charge in [0.25, 0.3) is 0 Å². The molecule has 0 spiro atoms. The van der Waals surface area contributed by atoms with Gasteiger partial charge in [0.15, 0.2) is 0 Å². The van der Waals surface area contributed by atoms with Crippen LogP contribution in [0.5, 0.6) is 0 Å². The van der Waals surface area contributed by atoms with Crippen LogP contribution < -0.4 is 5.32 Å². The molecule has 0 aromatic carbocycles. The summed E-state index contributed by atoms with van der Waals surface area (Å²) in [5.41, 5.74) is 0. The Bertz CT molecular complexity index is 187. The molecule has 0 unspecified atom stereocenters. The van der Waals surface area contributed by atoms with Gasteiger partial charge in [-0.3, -0.25) is 10.3 Å². The first kappa shape index (κ1) is 10.7. The van der Waals surface area contributed by atoms with Crippen molar-refractivity contribution in [2.45, 2.75) is 13.8 Å². The average Bonchev–Trinajstić information content (AvgIpc) is 2.04. The number of ether oxygens (including phenoxy) is 1. The molecule has 4 heteroatoms. The van der Waals surface area contributed by atoms with Gasteiger partial charge < -0.3 is 4.74 Å². The van der Waals surface area contributed by atoms with E-state index < -0.39 is 6.09 Å². The zero-order chi connectivity index (χ0) is 9.40. The van der Waals surface area contributed by atoms with Crippen molar-refractivity contribution in [2.24, 2.45) is 4.99 Å². The molecule has 0 aliphatic rings. The molecule has 0 bridgehead atoms. The van der Waals surface area contributed by atoms with Crippen molar-refractivity contribution in [2.75, 3.05) is 13.2 Å². The van der Waals surface area contributed by atoms with Crippen LogP contribution in [0.2, 0.25) is 0 Å². The van der Waals surface area contributed by atoms with Crippen molar-refractivity contribution in [3.05, 3.63) is 12.7 Å². The van der Waals surface area contributed by atoms with Crippen molar-refractivity contribution < 1.29 is 9.53 Å². The highest BCUT2D eigenvalue weighted by molar-refractivity contribution is 6.01. The largest absolute Gasteiger partial charge is 0.450 e. The fourth-order valence-corrected chi connectivity index (χ4v) is 0.597. The van der Waals surface area contributed by atoms with Gasteiger partial charge in [0, 0.05) is 6.54 Å². The maximum Gasteiger partial charge on any atom is 0.412 e.